The highest BCUT2D eigenvalue weighted by molar-refractivity contribution is 5.99. The third-order valence-electron chi connectivity index (χ3n) is 1.94. The largest absolute Gasteiger partial charge is 0.433 e. The fourth-order valence-corrected chi connectivity index (χ4v) is 1.05. The molecule has 0 heterocycles. The predicted molar refractivity (Wildman–Crippen MR) is 60.8 cm³/mol. The Balaban J connectivity index is 2.88. The Morgan fingerprint density at radius 3 is 2.82 bits per heavy atom. The highest BCUT2D eigenvalue weighted by Crippen LogP contribution is 2.13. The number of carbonyl (C=O) groups excluding carboxylic acids is 1. The van der Waals surface area contributed by atoms with Crippen LogP contribution in [-0.2, 0) is 4.84 Å². The molecular formula is C10H11N3O4. The van der Waals surface area contributed by atoms with Crippen molar-refractivity contribution in [2.24, 2.45) is 5.16 Å². The summed E-state index contributed by atoms with van der Waals surface area (Å²) in [7, 11) is 1.40. The highest BCUT2D eigenvalue weighted by Gasteiger charge is 2.08. The maximum Gasteiger partial charge on any atom is 0.433 e. The molecule has 1 aromatic carbocycles. The second-order valence-electron chi connectivity index (χ2n) is 3.11. The first kappa shape index (κ1) is 12.6. The molecule has 0 saturated heterocycles. The van der Waals surface area contributed by atoms with E-state index in [2.05, 4.69) is 15.3 Å². The lowest BCUT2D eigenvalue weighted by molar-refractivity contribution is -0.384. The van der Waals surface area contributed by atoms with E-state index < -0.39 is 11.0 Å². The zero-order valence-electron chi connectivity index (χ0n) is 9.34. The van der Waals surface area contributed by atoms with Crippen LogP contribution >= 0.6 is 0 Å². The summed E-state index contributed by atoms with van der Waals surface area (Å²) in [6.45, 7) is 1.59. The van der Waals surface area contributed by atoms with E-state index in [1.807, 2.05) is 0 Å². The quantitative estimate of drug-likeness (QED) is 0.374. The number of carbonyl (C=O) groups is 1. The molecule has 7 heteroatoms. The van der Waals surface area contributed by atoms with Crippen LogP contribution in [0.3, 0.4) is 0 Å². The Kier molecular flexibility index (Phi) is 4.15. The first-order chi connectivity index (χ1) is 8.04. The van der Waals surface area contributed by atoms with E-state index in [0.29, 0.717) is 11.3 Å². The SMILES string of the molecule is CNC(=O)ON=C(C)c1cccc([N+](=O)[O-])c1. The van der Waals surface area contributed by atoms with E-state index in [0.717, 1.165) is 0 Å². The first-order valence-corrected chi connectivity index (χ1v) is 4.72. The van der Waals surface area contributed by atoms with Crippen LogP contribution < -0.4 is 5.32 Å². The van der Waals surface area contributed by atoms with E-state index in [4.69, 9.17) is 0 Å². The molecule has 0 radical (unpaired) electrons. The van der Waals surface area contributed by atoms with Crippen molar-refractivity contribution in [1.29, 1.82) is 0 Å². The number of hydrogen-bond acceptors (Lipinski definition) is 5. The van der Waals surface area contributed by atoms with Crippen LogP contribution in [0.15, 0.2) is 29.4 Å². The van der Waals surface area contributed by atoms with Crippen molar-refractivity contribution in [3.05, 3.63) is 39.9 Å². The van der Waals surface area contributed by atoms with Gasteiger partial charge in [-0.3, -0.25) is 15.0 Å². The molecular weight excluding hydrogens is 226 g/mol. The predicted octanol–water partition coefficient (Wildman–Crippen LogP) is 1.67. The molecule has 0 atom stereocenters. The fraction of sp³-hybridized carbons (Fsp3) is 0.200. The van der Waals surface area contributed by atoms with Gasteiger partial charge in [0.1, 0.15) is 0 Å². The van der Waals surface area contributed by atoms with Crippen molar-refractivity contribution < 1.29 is 14.6 Å². The number of nitro groups is 1. The van der Waals surface area contributed by atoms with Gasteiger partial charge >= 0.3 is 6.09 Å². The molecule has 0 saturated carbocycles. The van der Waals surface area contributed by atoms with Crippen molar-refractivity contribution in [3.63, 3.8) is 0 Å². The van der Waals surface area contributed by atoms with Gasteiger partial charge in [0.05, 0.1) is 10.6 Å². The van der Waals surface area contributed by atoms with E-state index >= 15 is 0 Å². The molecule has 17 heavy (non-hydrogen) atoms. The third kappa shape index (κ3) is 3.56. The molecule has 7 nitrogen and oxygen atoms in total. The molecule has 0 spiro atoms. The van der Waals surface area contributed by atoms with E-state index in [1.165, 1.54) is 25.2 Å². The van der Waals surface area contributed by atoms with Gasteiger partial charge in [-0.25, -0.2) is 4.79 Å². The summed E-state index contributed by atoms with van der Waals surface area (Å²) in [5.41, 5.74) is 0.845. The van der Waals surface area contributed by atoms with Gasteiger partial charge in [0, 0.05) is 24.7 Å². The molecule has 0 aliphatic heterocycles. The van der Waals surface area contributed by atoms with Gasteiger partial charge in [0.25, 0.3) is 5.69 Å². The molecule has 0 bridgehead atoms. The second kappa shape index (κ2) is 5.59. The molecule has 0 unspecified atom stereocenters. The van der Waals surface area contributed by atoms with Crippen LogP contribution in [-0.4, -0.2) is 23.8 Å². The normalized spacial score (nSPS) is 10.8. The van der Waals surface area contributed by atoms with Crippen molar-refractivity contribution in [3.8, 4) is 0 Å². The fourth-order valence-electron chi connectivity index (χ4n) is 1.05. The van der Waals surface area contributed by atoms with Crippen molar-refractivity contribution in [1.82, 2.24) is 5.32 Å². The van der Waals surface area contributed by atoms with Gasteiger partial charge in [0.15, 0.2) is 0 Å². The Morgan fingerprint density at radius 1 is 1.53 bits per heavy atom. The lowest BCUT2D eigenvalue weighted by Crippen LogP contribution is -2.17. The van der Waals surface area contributed by atoms with Crippen LogP contribution in [0.1, 0.15) is 12.5 Å². The third-order valence-corrected chi connectivity index (χ3v) is 1.94. The number of benzene rings is 1. The number of amides is 1. The number of hydrogen-bond donors (Lipinski definition) is 1. The van der Waals surface area contributed by atoms with Crippen molar-refractivity contribution in [2.45, 2.75) is 6.92 Å². The molecule has 0 aromatic heterocycles. The zero-order valence-corrected chi connectivity index (χ0v) is 9.34. The number of non-ortho nitro benzene ring substituents is 1. The molecule has 0 aliphatic carbocycles. The minimum absolute atomic E-state index is 0.0445. The summed E-state index contributed by atoms with van der Waals surface area (Å²) in [5.74, 6) is 0. The summed E-state index contributed by atoms with van der Waals surface area (Å²) in [6.07, 6.45) is -0.699. The highest BCUT2D eigenvalue weighted by atomic mass is 16.7. The van der Waals surface area contributed by atoms with Gasteiger partial charge < -0.3 is 5.32 Å². The van der Waals surface area contributed by atoms with Gasteiger partial charge in [-0.2, -0.15) is 0 Å². The topological polar surface area (TPSA) is 93.8 Å². The molecule has 0 fully saturated rings. The molecule has 1 rings (SSSR count). The number of nitrogens with zero attached hydrogens (tertiary/aromatic N) is 2. The number of nitrogens with one attached hydrogen (secondary N) is 1. The standard InChI is InChI=1S/C10H11N3O4/c1-7(12-17-10(14)11-2)8-4-3-5-9(6-8)13(15)16/h3-6H,1-2H3,(H,11,14). The van der Waals surface area contributed by atoms with Crippen molar-refractivity contribution >= 4 is 17.5 Å². The molecule has 1 aromatic rings. The van der Waals surface area contributed by atoms with E-state index in [-0.39, 0.29) is 5.69 Å². The van der Waals surface area contributed by atoms with Gasteiger partial charge in [-0.15, -0.1) is 0 Å². The zero-order chi connectivity index (χ0) is 12.8. The van der Waals surface area contributed by atoms with Crippen LogP contribution in [0.2, 0.25) is 0 Å². The lowest BCUT2D eigenvalue weighted by Gasteiger charge is -2.00. The Bertz CT molecular complexity index is 470. The minimum Gasteiger partial charge on any atom is -0.323 e. The van der Waals surface area contributed by atoms with E-state index in [1.54, 1.807) is 13.0 Å². The molecule has 0 aliphatic rings. The van der Waals surface area contributed by atoms with Crippen LogP contribution in [0.5, 0.6) is 0 Å². The maximum atomic E-state index is 10.8. The Hall–Kier alpha value is -2.44. The van der Waals surface area contributed by atoms with Gasteiger partial charge in [0.2, 0.25) is 0 Å². The van der Waals surface area contributed by atoms with Crippen LogP contribution in [0.4, 0.5) is 10.5 Å². The monoisotopic (exact) mass is 237 g/mol. The second-order valence-corrected chi connectivity index (χ2v) is 3.11. The summed E-state index contributed by atoms with van der Waals surface area (Å²) >= 11 is 0. The number of rotatable bonds is 3. The lowest BCUT2D eigenvalue weighted by atomic mass is 10.1. The number of oxime groups is 1. The Labute approximate surface area is 97.2 Å². The molecule has 1 amide bonds. The van der Waals surface area contributed by atoms with Crippen LogP contribution in [0, 0.1) is 10.1 Å². The summed E-state index contributed by atoms with van der Waals surface area (Å²) < 4.78 is 0. The average molecular weight is 237 g/mol. The van der Waals surface area contributed by atoms with Gasteiger partial charge in [-0.1, -0.05) is 17.3 Å². The number of nitro benzene ring substituents is 1. The molecule has 1 N–H and O–H groups in total. The summed E-state index contributed by atoms with van der Waals surface area (Å²) in [6, 6.07) is 5.90. The summed E-state index contributed by atoms with van der Waals surface area (Å²) in [4.78, 5) is 25.3. The minimum atomic E-state index is -0.699. The van der Waals surface area contributed by atoms with Gasteiger partial charge in [-0.05, 0) is 6.92 Å². The van der Waals surface area contributed by atoms with E-state index in [9.17, 15) is 14.9 Å². The smallest absolute Gasteiger partial charge is 0.323 e. The molecule has 90 valence electrons. The maximum absolute atomic E-state index is 10.8. The van der Waals surface area contributed by atoms with Crippen molar-refractivity contribution in [2.75, 3.05) is 7.05 Å². The average Bonchev–Trinajstić information content (AvgIpc) is 2.35. The Morgan fingerprint density at radius 2 is 2.24 bits per heavy atom. The summed E-state index contributed by atoms with van der Waals surface area (Å²) in [5, 5.41) is 16.3. The first-order valence-electron chi connectivity index (χ1n) is 4.72. The van der Waals surface area contributed by atoms with Crippen LogP contribution in [0.25, 0.3) is 0 Å².